The van der Waals surface area contributed by atoms with E-state index in [1.807, 2.05) is 0 Å². The van der Waals surface area contributed by atoms with Crippen molar-refractivity contribution in [3.63, 3.8) is 0 Å². The summed E-state index contributed by atoms with van der Waals surface area (Å²) in [5.41, 5.74) is 2.57. The van der Waals surface area contributed by atoms with E-state index in [1.165, 1.54) is 36.4 Å². The van der Waals surface area contributed by atoms with Gasteiger partial charge < -0.3 is 10.6 Å². The lowest BCUT2D eigenvalue weighted by molar-refractivity contribution is 0.101. The molecule has 8 heteroatoms. The summed E-state index contributed by atoms with van der Waals surface area (Å²) >= 11 is 12.3. The Bertz CT molecular complexity index is 1670. The number of rotatable bonds is 8. The molecule has 42 heavy (non-hydrogen) atoms. The first-order chi connectivity index (χ1) is 20.3. The van der Waals surface area contributed by atoms with Gasteiger partial charge in [0.2, 0.25) is 0 Å². The lowest BCUT2D eigenvalue weighted by Gasteiger charge is -2.13. The van der Waals surface area contributed by atoms with Crippen LogP contribution in [0.3, 0.4) is 0 Å². The van der Waals surface area contributed by atoms with E-state index in [0.717, 1.165) is 0 Å². The second kappa shape index (κ2) is 12.6. The first-order valence-electron chi connectivity index (χ1n) is 12.8. The highest BCUT2D eigenvalue weighted by molar-refractivity contribution is 6.32. The van der Waals surface area contributed by atoms with Crippen molar-refractivity contribution >= 4 is 58.0 Å². The van der Waals surface area contributed by atoms with Gasteiger partial charge in [-0.05, 0) is 60.7 Å². The van der Waals surface area contributed by atoms with Crippen LogP contribution in [-0.4, -0.2) is 23.4 Å². The van der Waals surface area contributed by atoms with Crippen molar-refractivity contribution in [3.05, 3.63) is 165 Å². The highest BCUT2D eigenvalue weighted by Gasteiger charge is 2.19. The van der Waals surface area contributed by atoms with Crippen molar-refractivity contribution in [1.29, 1.82) is 0 Å². The Hall–Kier alpha value is -5.04. The number of amides is 2. The molecule has 0 fully saturated rings. The molecule has 0 aliphatic carbocycles. The van der Waals surface area contributed by atoms with Crippen molar-refractivity contribution in [1.82, 2.24) is 0 Å². The highest BCUT2D eigenvalue weighted by atomic mass is 35.5. The molecule has 206 valence electrons. The quantitative estimate of drug-likeness (QED) is 0.179. The predicted octanol–water partition coefficient (Wildman–Crippen LogP) is 7.96. The smallest absolute Gasteiger partial charge is 0.255 e. The maximum absolute atomic E-state index is 13.1. The maximum atomic E-state index is 13.1. The molecule has 2 N–H and O–H groups in total. The van der Waals surface area contributed by atoms with Gasteiger partial charge in [0.15, 0.2) is 11.6 Å². The van der Waals surface area contributed by atoms with Gasteiger partial charge in [0.05, 0.1) is 11.4 Å². The number of benzene rings is 5. The third-order valence-corrected chi connectivity index (χ3v) is 6.90. The predicted molar refractivity (Wildman–Crippen MR) is 165 cm³/mol. The van der Waals surface area contributed by atoms with Crippen LogP contribution in [0.1, 0.15) is 52.6 Å². The zero-order valence-corrected chi connectivity index (χ0v) is 23.4. The molecule has 5 aromatic rings. The lowest BCUT2D eigenvalue weighted by atomic mass is 10.0. The lowest BCUT2D eigenvalue weighted by Crippen LogP contribution is -2.17. The normalized spacial score (nSPS) is 10.5. The number of hydrogen-bond donors (Lipinski definition) is 2. The van der Waals surface area contributed by atoms with E-state index in [-0.39, 0.29) is 33.8 Å². The second-order valence-corrected chi connectivity index (χ2v) is 10.1. The monoisotopic (exact) mass is 592 g/mol. The Morgan fingerprint density at radius 2 is 0.786 bits per heavy atom. The standard InChI is InChI=1S/C34H22Cl2N2O4/c35-25-15-17-29(27(19-25)31(39)21-7-3-1-4-8-21)37-33(41)23-11-13-24(14-12-23)34(42)38-30-18-16-26(36)20-28(30)32(40)22-9-5-2-6-10-22/h1-20H,(H,37,41)(H,38,42). The van der Waals surface area contributed by atoms with E-state index >= 15 is 0 Å². The number of ketones is 2. The Morgan fingerprint density at radius 1 is 0.429 bits per heavy atom. The van der Waals surface area contributed by atoms with Gasteiger partial charge in [-0.15, -0.1) is 0 Å². The number of anilines is 2. The van der Waals surface area contributed by atoms with Crippen LogP contribution in [-0.2, 0) is 0 Å². The van der Waals surface area contributed by atoms with Crippen LogP contribution in [0.25, 0.3) is 0 Å². The summed E-state index contributed by atoms with van der Waals surface area (Å²) in [4.78, 5) is 52.3. The molecule has 0 aliphatic heterocycles. The van der Waals surface area contributed by atoms with Gasteiger partial charge in [-0.2, -0.15) is 0 Å². The van der Waals surface area contributed by atoms with E-state index in [2.05, 4.69) is 10.6 Å². The maximum Gasteiger partial charge on any atom is 0.255 e. The zero-order chi connectivity index (χ0) is 29.6. The number of halogens is 2. The molecule has 0 bridgehead atoms. The van der Waals surface area contributed by atoms with Crippen LogP contribution in [0.15, 0.2) is 121 Å². The molecular weight excluding hydrogens is 571 g/mol. The molecule has 0 atom stereocenters. The summed E-state index contributed by atoms with van der Waals surface area (Å²) in [5.74, 6) is -1.51. The Labute approximate surface area is 251 Å². The van der Waals surface area contributed by atoms with Gasteiger partial charge in [0.25, 0.3) is 11.8 Å². The van der Waals surface area contributed by atoms with Crippen molar-refractivity contribution in [2.24, 2.45) is 0 Å². The first kappa shape index (κ1) is 28.5. The van der Waals surface area contributed by atoms with Gasteiger partial charge in [-0.3, -0.25) is 19.2 Å². The van der Waals surface area contributed by atoms with Gasteiger partial charge >= 0.3 is 0 Å². The fourth-order valence-electron chi connectivity index (χ4n) is 4.28. The first-order valence-corrected chi connectivity index (χ1v) is 13.6. The molecular formula is C34H22Cl2N2O4. The van der Waals surface area contributed by atoms with Crippen molar-refractivity contribution in [2.45, 2.75) is 0 Å². The van der Waals surface area contributed by atoms with Crippen LogP contribution in [0, 0.1) is 0 Å². The van der Waals surface area contributed by atoms with Crippen molar-refractivity contribution < 1.29 is 19.2 Å². The van der Waals surface area contributed by atoms with Gasteiger partial charge in [0, 0.05) is 43.4 Å². The van der Waals surface area contributed by atoms with E-state index in [4.69, 9.17) is 23.2 Å². The molecule has 0 saturated carbocycles. The molecule has 0 radical (unpaired) electrons. The Morgan fingerprint density at radius 3 is 1.14 bits per heavy atom. The topological polar surface area (TPSA) is 92.3 Å². The minimum Gasteiger partial charge on any atom is -0.321 e. The third-order valence-electron chi connectivity index (χ3n) is 6.43. The molecule has 0 aromatic heterocycles. The van der Waals surface area contributed by atoms with Crippen LogP contribution < -0.4 is 10.6 Å². The number of nitrogens with one attached hydrogen (secondary N) is 2. The number of carbonyl (C=O) groups excluding carboxylic acids is 4. The highest BCUT2D eigenvalue weighted by Crippen LogP contribution is 2.26. The van der Waals surface area contributed by atoms with Crippen molar-refractivity contribution in [2.75, 3.05) is 10.6 Å². The summed E-state index contributed by atoms with van der Waals surface area (Å²) in [7, 11) is 0. The summed E-state index contributed by atoms with van der Waals surface area (Å²) in [6, 6.07) is 32.7. The fraction of sp³-hybridized carbons (Fsp3) is 0. The SMILES string of the molecule is O=C(Nc1ccc(Cl)cc1C(=O)c1ccccc1)c1ccc(C(=O)Nc2ccc(Cl)cc2C(=O)c2ccccc2)cc1. The summed E-state index contributed by atoms with van der Waals surface area (Å²) in [6.45, 7) is 0. The van der Waals surface area contributed by atoms with E-state index in [0.29, 0.717) is 32.5 Å². The molecule has 0 aliphatic rings. The van der Waals surface area contributed by atoms with Crippen LogP contribution in [0.5, 0.6) is 0 Å². The summed E-state index contributed by atoms with van der Waals surface area (Å²) < 4.78 is 0. The number of hydrogen-bond acceptors (Lipinski definition) is 4. The van der Waals surface area contributed by atoms with Crippen LogP contribution in [0.4, 0.5) is 11.4 Å². The molecule has 0 spiro atoms. The Kier molecular flexibility index (Phi) is 8.58. The molecule has 0 heterocycles. The molecule has 5 aromatic carbocycles. The van der Waals surface area contributed by atoms with E-state index in [9.17, 15) is 19.2 Å². The minimum atomic E-state index is -0.472. The molecule has 2 amide bonds. The summed E-state index contributed by atoms with van der Waals surface area (Å²) in [5, 5.41) is 6.25. The third kappa shape index (κ3) is 6.47. The van der Waals surface area contributed by atoms with Gasteiger partial charge in [0.1, 0.15) is 0 Å². The summed E-state index contributed by atoms with van der Waals surface area (Å²) in [6.07, 6.45) is 0. The minimum absolute atomic E-state index is 0.252. The Balaban J connectivity index is 1.32. The van der Waals surface area contributed by atoms with E-state index < -0.39 is 11.8 Å². The zero-order valence-electron chi connectivity index (χ0n) is 21.9. The van der Waals surface area contributed by atoms with Gasteiger partial charge in [-0.25, -0.2) is 0 Å². The average Bonchev–Trinajstić information content (AvgIpc) is 3.03. The van der Waals surface area contributed by atoms with Crippen LogP contribution >= 0.6 is 23.2 Å². The second-order valence-electron chi connectivity index (χ2n) is 9.26. The fourth-order valence-corrected chi connectivity index (χ4v) is 4.62. The van der Waals surface area contributed by atoms with Crippen molar-refractivity contribution in [3.8, 4) is 0 Å². The molecule has 0 saturated heterocycles. The van der Waals surface area contributed by atoms with E-state index in [1.54, 1.807) is 84.9 Å². The van der Waals surface area contributed by atoms with Crippen LogP contribution in [0.2, 0.25) is 10.0 Å². The largest absolute Gasteiger partial charge is 0.321 e. The average molecular weight is 593 g/mol. The molecule has 0 unspecified atom stereocenters. The number of carbonyl (C=O) groups is 4. The molecule has 5 rings (SSSR count). The molecule has 6 nitrogen and oxygen atoms in total. The van der Waals surface area contributed by atoms with Gasteiger partial charge in [-0.1, -0.05) is 83.9 Å².